The van der Waals surface area contributed by atoms with Crippen LogP contribution in [0.2, 0.25) is 0 Å². The Hall–Kier alpha value is -1.10. The molecule has 0 aromatic heterocycles. The van der Waals surface area contributed by atoms with E-state index in [4.69, 9.17) is 11.5 Å². The summed E-state index contributed by atoms with van der Waals surface area (Å²) < 4.78 is 0. The fourth-order valence-corrected chi connectivity index (χ4v) is 2.68. The average Bonchev–Trinajstić information content (AvgIpc) is 2.72. The van der Waals surface area contributed by atoms with Crippen LogP contribution < -0.4 is 11.5 Å². The van der Waals surface area contributed by atoms with Crippen LogP contribution in [0.25, 0.3) is 0 Å². The maximum atomic E-state index is 12.2. The molecule has 1 unspecified atom stereocenters. The Morgan fingerprint density at radius 3 is 2.42 bits per heavy atom. The Balaban J connectivity index is 2.53. The number of carbonyl (C=O) groups is 2. The van der Waals surface area contributed by atoms with E-state index in [0.717, 1.165) is 6.42 Å². The molecule has 1 saturated heterocycles. The third kappa shape index (κ3) is 4.20. The molecule has 0 bridgehead atoms. The van der Waals surface area contributed by atoms with Gasteiger partial charge < -0.3 is 16.4 Å². The number of rotatable bonds is 6. The number of hydrogen-bond acceptors (Lipinski definition) is 3. The van der Waals surface area contributed by atoms with E-state index < -0.39 is 5.41 Å². The molecule has 2 atom stereocenters. The van der Waals surface area contributed by atoms with Crippen molar-refractivity contribution >= 4 is 11.8 Å². The highest BCUT2D eigenvalue weighted by molar-refractivity contribution is 5.83. The highest BCUT2D eigenvalue weighted by atomic mass is 16.2. The predicted octanol–water partition coefficient (Wildman–Crippen LogP) is 0.721. The Bertz CT molecular complexity index is 344. The molecule has 4 N–H and O–H groups in total. The normalized spacial score (nSPS) is 24.8. The van der Waals surface area contributed by atoms with Crippen LogP contribution in [-0.2, 0) is 9.59 Å². The molecule has 5 nitrogen and oxygen atoms in total. The Morgan fingerprint density at radius 2 is 2.00 bits per heavy atom. The molecule has 0 radical (unpaired) electrons. The van der Waals surface area contributed by atoms with E-state index in [9.17, 15) is 9.59 Å². The molecule has 1 rings (SSSR count). The number of primary amides is 1. The van der Waals surface area contributed by atoms with Gasteiger partial charge in [-0.1, -0.05) is 13.8 Å². The van der Waals surface area contributed by atoms with Crippen LogP contribution in [0.4, 0.5) is 0 Å². The van der Waals surface area contributed by atoms with Crippen molar-refractivity contribution in [2.45, 2.75) is 40.0 Å². The third-order valence-electron chi connectivity index (χ3n) is 4.02. The zero-order valence-corrected chi connectivity index (χ0v) is 12.3. The topological polar surface area (TPSA) is 89.4 Å². The van der Waals surface area contributed by atoms with Gasteiger partial charge >= 0.3 is 0 Å². The SMILES string of the molecule is CC(C)C[C@H](CN)CC(=O)N1CCC(C)(C(N)=O)C1. The molecule has 1 fully saturated rings. The summed E-state index contributed by atoms with van der Waals surface area (Å²) in [6, 6.07) is 0. The number of likely N-dealkylation sites (tertiary alicyclic amines) is 1. The van der Waals surface area contributed by atoms with Crippen LogP contribution in [-0.4, -0.2) is 36.3 Å². The van der Waals surface area contributed by atoms with Crippen LogP contribution in [0.15, 0.2) is 0 Å². The average molecular weight is 269 g/mol. The Labute approximate surface area is 115 Å². The van der Waals surface area contributed by atoms with Crippen molar-refractivity contribution in [1.82, 2.24) is 4.90 Å². The van der Waals surface area contributed by atoms with Crippen LogP contribution in [0, 0.1) is 17.3 Å². The summed E-state index contributed by atoms with van der Waals surface area (Å²) in [7, 11) is 0. The minimum atomic E-state index is -0.564. The van der Waals surface area contributed by atoms with Crippen molar-refractivity contribution in [3.63, 3.8) is 0 Å². The van der Waals surface area contributed by atoms with Gasteiger partial charge in [-0.15, -0.1) is 0 Å². The Morgan fingerprint density at radius 1 is 1.37 bits per heavy atom. The molecule has 1 heterocycles. The monoisotopic (exact) mass is 269 g/mol. The molecule has 0 saturated carbocycles. The largest absolute Gasteiger partial charge is 0.369 e. The molecule has 2 amide bonds. The smallest absolute Gasteiger partial charge is 0.225 e. The van der Waals surface area contributed by atoms with Gasteiger partial charge in [-0.2, -0.15) is 0 Å². The first-order chi connectivity index (χ1) is 8.78. The van der Waals surface area contributed by atoms with E-state index in [-0.39, 0.29) is 17.7 Å². The lowest BCUT2D eigenvalue weighted by molar-refractivity contribution is -0.132. The summed E-state index contributed by atoms with van der Waals surface area (Å²) in [6.07, 6.45) is 2.10. The molecule has 1 aliphatic heterocycles. The van der Waals surface area contributed by atoms with Crippen LogP contribution >= 0.6 is 0 Å². The first kappa shape index (κ1) is 16.0. The number of amides is 2. The number of nitrogens with two attached hydrogens (primary N) is 2. The summed E-state index contributed by atoms with van der Waals surface area (Å²) in [5.74, 6) is 0.546. The van der Waals surface area contributed by atoms with E-state index in [0.29, 0.717) is 38.4 Å². The molecule has 1 aliphatic rings. The molecule has 0 spiro atoms. The summed E-state index contributed by atoms with van der Waals surface area (Å²) in [5.41, 5.74) is 10.6. The van der Waals surface area contributed by atoms with Crippen LogP contribution in [0.1, 0.15) is 40.0 Å². The molecule has 19 heavy (non-hydrogen) atoms. The molecule has 0 aromatic carbocycles. The molecular weight excluding hydrogens is 242 g/mol. The third-order valence-corrected chi connectivity index (χ3v) is 4.02. The lowest BCUT2D eigenvalue weighted by Gasteiger charge is -2.23. The van der Waals surface area contributed by atoms with Crippen molar-refractivity contribution < 1.29 is 9.59 Å². The van der Waals surface area contributed by atoms with Crippen molar-refractivity contribution in [2.24, 2.45) is 28.7 Å². The van der Waals surface area contributed by atoms with Gasteiger partial charge in [-0.3, -0.25) is 9.59 Å². The number of hydrogen-bond donors (Lipinski definition) is 2. The van der Waals surface area contributed by atoms with E-state index in [1.54, 1.807) is 4.90 Å². The van der Waals surface area contributed by atoms with Crippen molar-refractivity contribution in [2.75, 3.05) is 19.6 Å². The van der Waals surface area contributed by atoms with E-state index in [2.05, 4.69) is 13.8 Å². The lowest BCUT2D eigenvalue weighted by Crippen LogP contribution is -2.39. The van der Waals surface area contributed by atoms with Crippen molar-refractivity contribution in [3.8, 4) is 0 Å². The molecule has 5 heteroatoms. The quantitative estimate of drug-likeness (QED) is 0.744. The maximum absolute atomic E-state index is 12.2. The van der Waals surface area contributed by atoms with Gasteiger partial charge in [-0.05, 0) is 38.1 Å². The standard InChI is InChI=1S/C14H27N3O2/c1-10(2)6-11(8-15)7-12(18)17-5-4-14(3,9-17)13(16)19/h10-11H,4-9,15H2,1-3H3,(H2,16,19)/t11-,14?/m0/s1. The Kier molecular flexibility index (Phi) is 5.35. The number of carbonyl (C=O) groups excluding carboxylic acids is 2. The molecule has 0 aromatic rings. The van der Waals surface area contributed by atoms with Gasteiger partial charge in [0.2, 0.25) is 11.8 Å². The van der Waals surface area contributed by atoms with Gasteiger partial charge in [0.05, 0.1) is 5.41 Å². The first-order valence-corrected chi connectivity index (χ1v) is 7.06. The first-order valence-electron chi connectivity index (χ1n) is 7.06. The lowest BCUT2D eigenvalue weighted by atomic mass is 9.89. The second kappa shape index (κ2) is 6.37. The number of nitrogens with zero attached hydrogens (tertiary/aromatic N) is 1. The minimum absolute atomic E-state index is 0.0982. The zero-order valence-electron chi connectivity index (χ0n) is 12.3. The van der Waals surface area contributed by atoms with Gasteiger partial charge in [0.15, 0.2) is 0 Å². The predicted molar refractivity (Wildman–Crippen MR) is 75.1 cm³/mol. The molecular formula is C14H27N3O2. The van der Waals surface area contributed by atoms with Gasteiger partial charge in [-0.25, -0.2) is 0 Å². The fourth-order valence-electron chi connectivity index (χ4n) is 2.68. The second-order valence-corrected chi connectivity index (χ2v) is 6.43. The zero-order chi connectivity index (χ0) is 14.6. The fraction of sp³-hybridized carbons (Fsp3) is 0.857. The van der Waals surface area contributed by atoms with Gasteiger partial charge in [0, 0.05) is 19.5 Å². The summed E-state index contributed by atoms with van der Waals surface area (Å²) in [6.45, 7) is 7.69. The van der Waals surface area contributed by atoms with Crippen LogP contribution in [0.3, 0.4) is 0 Å². The second-order valence-electron chi connectivity index (χ2n) is 6.43. The summed E-state index contributed by atoms with van der Waals surface area (Å²) in [4.78, 5) is 25.4. The highest BCUT2D eigenvalue weighted by Gasteiger charge is 2.40. The van der Waals surface area contributed by atoms with E-state index in [1.807, 2.05) is 6.92 Å². The highest BCUT2D eigenvalue weighted by Crippen LogP contribution is 2.30. The van der Waals surface area contributed by atoms with Crippen LogP contribution in [0.5, 0.6) is 0 Å². The minimum Gasteiger partial charge on any atom is -0.369 e. The summed E-state index contributed by atoms with van der Waals surface area (Å²) in [5, 5.41) is 0. The molecule has 0 aliphatic carbocycles. The molecule has 110 valence electrons. The van der Waals surface area contributed by atoms with E-state index >= 15 is 0 Å². The van der Waals surface area contributed by atoms with E-state index in [1.165, 1.54) is 0 Å². The van der Waals surface area contributed by atoms with Crippen molar-refractivity contribution in [1.29, 1.82) is 0 Å². The van der Waals surface area contributed by atoms with Gasteiger partial charge in [0.25, 0.3) is 0 Å². The summed E-state index contributed by atoms with van der Waals surface area (Å²) >= 11 is 0. The maximum Gasteiger partial charge on any atom is 0.225 e. The van der Waals surface area contributed by atoms with Crippen molar-refractivity contribution in [3.05, 3.63) is 0 Å². The van der Waals surface area contributed by atoms with Gasteiger partial charge in [0.1, 0.15) is 0 Å².